The van der Waals surface area contributed by atoms with E-state index in [0.717, 1.165) is 29.3 Å². The molecule has 1 N–H and O–H groups in total. The number of aromatic nitrogens is 1. The number of pyridine rings is 1. The number of hydrogen-bond acceptors (Lipinski definition) is 3. The highest BCUT2D eigenvalue weighted by molar-refractivity contribution is 9.10. The van der Waals surface area contributed by atoms with E-state index in [1.807, 2.05) is 18.3 Å². The number of nitrogens with zero attached hydrogens (tertiary/aromatic N) is 2. The average Bonchev–Trinajstić information content (AvgIpc) is 2.46. The summed E-state index contributed by atoms with van der Waals surface area (Å²) >= 11 is 3.50. The SMILES string of the molecule is CN(CCCNc1ncccc1Br)C1CCCCC1. The van der Waals surface area contributed by atoms with Crippen molar-refractivity contribution in [1.29, 1.82) is 0 Å². The normalized spacial score (nSPS) is 16.8. The maximum atomic E-state index is 4.31. The van der Waals surface area contributed by atoms with E-state index in [2.05, 4.69) is 38.2 Å². The second-order valence-electron chi connectivity index (χ2n) is 5.39. The molecule has 0 bridgehead atoms. The molecule has 0 aromatic carbocycles. The lowest BCUT2D eigenvalue weighted by atomic mass is 9.94. The lowest BCUT2D eigenvalue weighted by Crippen LogP contribution is -2.34. The molecule has 1 aromatic rings. The summed E-state index contributed by atoms with van der Waals surface area (Å²) in [6.07, 6.45) is 10.0. The Morgan fingerprint density at radius 2 is 2.16 bits per heavy atom. The number of rotatable bonds is 6. The summed E-state index contributed by atoms with van der Waals surface area (Å²) in [5, 5.41) is 3.39. The zero-order valence-corrected chi connectivity index (χ0v) is 13.3. The largest absolute Gasteiger partial charge is 0.369 e. The highest BCUT2D eigenvalue weighted by Gasteiger charge is 2.17. The van der Waals surface area contributed by atoms with Crippen LogP contribution in [0.5, 0.6) is 0 Å². The molecule has 1 heterocycles. The fraction of sp³-hybridized carbons (Fsp3) is 0.667. The molecule has 0 aliphatic heterocycles. The van der Waals surface area contributed by atoms with Gasteiger partial charge in [-0.2, -0.15) is 0 Å². The van der Waals surface area contributed by atoms with Crippen molar-refractivity contribution >= 4 is 21.7 Å². The van der Waals surface area contributed by atoms with Crippen LogP contribution in [0.15, 0.2) is 22.8 Å². The van der Waals surface area contributed by atoms with Crippen LogP contribution >= 0.6 is 15.9 Å². The molecule has 1 aliphatic rings. The molecule has 1 fully saturated rings. The second-order valence-corrected chi connectivity index (χ2v) is 6.24. The van der Waals surface area contributed by atoms with Gasteiger partial charge >= 0.3 is 0 Å². The lowest BCUT2D eigenvalue weighted by molar-refractivity contribution is 0.191. The Kier molecular flexibility index (Phi) is 6.11. The Morgan fingerprint density at radius 3 is 2.89 bits per heavy atom. The molecule has 2 rings (SSSR count). The molecule has 0 saturated heterocycles. The van der Waals surface area contributed by atoms with Crippen molar-refractivity contribution in [3.8, 4) is 0 Å². The first-order chi connectivity index (χ1) is 9.27. The van der Waals surface area contributed by atoms with Gasteiger partial charge in [0.05, 0.1) is 4.47 Å². The van der Waals surface area contributed by atoms with Gasteiger partial charge in [-0.1, -0.05) is 19.3 Å². The quantitative estimate of drug-likeness (QED) is 0.804. The van der Waals surface area contributed by atoms with Crippen LogP contribution in [-0.4, -0.2) is 36.1 Å². The maximum Gasteiger partial charge on any atom is 0.140 e. The third-order valence-corrected chi connectivity index (χ3v) is 4.58. The van der Waals surface area contributed by atoms with Crippen molar-refractivity contribution in [3.05, 3.63) is 22.8 Å². The van der Waals surface area contributed by atoms with Crippen molar-refractivity contribution < 1.29 is 0 Å². The van der Waals surface area contributed by atoms with Crippen LogP contribution in [0, 0.1) is 0 Å². The Balaban J connectivity index is 1.65. The van der Waals surface area contributed by atoms with Gasteiger partial charge in [0.15, 0.2) is 0 Å². The molecule has 1 saturated carbocycles. The van der Waals surface area contributed by atoms with Crippen LogP contribution in [0.1, 0.15) is 38.5 Å². The molecule has 3 nitrogen and oxygen atoms in total. The summed E-state index contributed by atoms with van der Waals surface area (Å²) in [7, 11) is 2.27. The zero-order chi connectivity index (χ0) is 13.5. The topological polar surface area (TPSA) is 28.2 Å². The monoisotopic (exact) mass is 325 g/mol. The second kappa shape index (κ2) is 7.85. The summed E-state index contributed by atoms with van der Waals surface area (Å²) in [5.74, 6) is 0.947. The molecular weight excluding hydrogens is 302 g/mol. The van der Waals surface area contributed by atoms with Gasteiger partial charge in [0, 0.05) is 18.8 Å². The summed E-state index contributed by atoms with van der Waals surface area (Å²) in [5.41, 5.74) is 0. The number of nitrogens with one attached hydrogen (secondary N) is 1. The molecule has 0 spiro atoms. The van der Waals surface area contributed by atoms with Gasteiger partial charge in [-0.3, -0.25) is 0 Å². The van der Waals surface area contributed by atoms with E-state index in [1.54, 1.807) is 0 Å². The minimum Gasteiger partial charge on any atom is -0.369 e. The van der Waals surface area contributed by atoms with E-state index in [1.165, 1.54) is 38.6 Å². The summed E-state index contributed by atoms with van der Waals surface area (Å²) in [4.78, 5) is 6.85. The van der Waals surface area contributed by atoms with Crippen molar-refractivity contribution in [2.45, 2.75) is 44.6 Å². The molecule has 19 heavy (non-hydrogen) atoms. The Hall–Kier alpha value is -0.610. The highest BCUT2D eigenvalue weighted by Crippen LogP contribution is 2.22. The third kappa shape index (κ3) is 4.77. The smallest absolute Gasteiger partial charge is 0.140 e. The van der Waals surface area contributed by atoms with Crippen LogP contribution in [-0.2, 0) is 0 Å². The first-order valence-corrected chi connectivity index (χ1v) is 8.11. The molecule has 1 aliphatic carbocycles. The molecule has 4 heteroatoms. The molecule has 0 amide bonds. The predicted molar refractivity (Wildman–Crippen MR) is 84.5 cm³/mol. The molecule has 0 radical (unpaired) electrons. The Morgan fingerprint density at radius 1 is 1.37 bits per heavy atom. The fourth-order valence-corrected chi connectivity index (χ4v) is 3.15. The van der Waals surface area contributed by atoms with Gasteiger partial charge in [0.1, 0.15) is 5.82 Å². The van der Waals surface area contributed by atoms with E-state index in [0.29, 0.717) is 0 Å². The summed E-state index contributed by atoms with van der Waals surface area (Å²) < 4.78 is 1.04. The van der Waals surface area contributed by atoms with Crippen LogP contribution in [0.4, 0.5) is 5.82 Å². The minimum atomic E-state index is 0.815. The van der Waals surface area contributed by atoms with Gasteiger partial charge in [-0.15, -0.1) is 0 Å². The van der Waals surface area contributed by atoms with E-state index in [4.69, 9.17) is 0 Å². The first kappa shape index (κ1) is 14.8. The molecule has 106 valence electrons. The Labute approximate surface area is 124 Å². The van der Waals surface area contributed by atoms with E-state index in [-0.39, 0.29) is 0 Å². The minimum absolute atomic E-state index is 0.815. The third-order valence-electron chi connectivity index (χ3n) is 3.94. The van der Waals surface area contributed by atoms with Crippen LogP contribution in [0.2, 0.25) is 0 Å². The molecule has 0 atom stereocenters. The average molecular weight is 326 g/mol. The number of halogens is 1. The number of hydrogen-bond donors (Lipinski definition) is 1. The first-order valence-electron chi connectivity index (χ1n) is 7.32. The van der Waals surface area contributed by atoms with Crippen molar-refractivity contribution in [3.63, 3.8) is 0 Å². The fourth-order valence-electron chi connectivity index (χ4n) is 2.76. The van der Waals surface area contributed by atoms with Crippen molar-refractivity contribution in [2.75, 3.05) is 25.5 Å². The summed E-state index contributed by atoms with van der Waals surface area (Å²) in [6, 6.07) is 4.77. The Bertz CT molecular complexity index is 377. The van der Waals surface area contributed by atoms with Gasteiger partial charge < -0.3 is 10.2 Å². The predicted octanol–water partition coefficient (Wildman–Crippen LogP) is 3.91. The zero-order valence-electron chi connectivity index (χ0n) is 11.7. The van der Waals surface area contributed by atoms with Gasteiger partial charge in [-0.05, 0) is 60.9 Å². The lowest BCUT2D eigenvalue weighted by Gasteiger charge is -2.31. The maximum absolute atomic E-state index is 4.31. The molecular formula is C15H24BrN3. The van der Waals surface area contributed by atoms with Crippen LogP contribution in [0.25, 0.3) is 0 Å². The van der Waals surface area contributed by atoms with Crippen molar-refractivity contribution in [2.24, 2.45) is 0 Å². The van der Waals surface area contributed by atoms with Gasteiger partial charge in [0.25, 0.3) is 0 Å². The van der Waals surface area contributed by atoms with Crippen LogP contribution < -0.4 is 5.32 Å². The van der Waals surface area contributed by atoms with E-state index < -0.39 is 0 Å². The summed E-state index contributed by atoms with van der Waals surface area (Å²) in [6.45, 7) is 2.15. The van der Waals surface area contributed by atoms with Crippen LogP contribution in [0.3, 0.4) is 0 Å². The van der Waals surface area contributed by atoms with Gasteiger partial charge in [-0.25, -0.2) is 4.98 Å². The molecule has 1 aromatic heterocycles. The van der Waals surface area contributed by atoms with Gasteiger partial charge in [0.2, 0.25) is 0 Å². The van der Waals surface area contributed by atoms with E-state index >= 15 is 0 Å². The standard InChI is InChI=1S/C15H24BrN3/c1-19(13-7-3-2-4-8-13)12-6-11-18-15-14(16)9-5-10-17-15/h5,9-10,13H,2-4,6-8,11-12H2,1H3,(H,17,18). The molecule has 0 unspecified atom stereocenters. The van der Waals surface area contributed by atoms with Crippen molar-refractivity contribution in [1.82, 2.24) is 9.88 Å². The highest BCUT2D eigenvalue weighted by atomic mass is 79.9. The van der Waals surface area contributed by atoms with E-state index in [9.17, 15) is 0 Å². The number of anilines is 1.